The Bertz CT molecular complexity index is 613. The number of fused-ring (bicyclic) bond motifs is 1. The molecule has 0 fully saturated rings. The summed E-state index contributed by atoms with van der Waals surface area (Å²) in [4.78, 5) is 2.02. The Kier molecular flexibility index (Phi) is 2.74. The zero-order chi connectivity index (χ0) is 12.7. The molecule has 2 aromatic carbocycles. The van der Waals surface area contributed by atoms with E-state index in [4.69, 9.17) is 5.73 Å². The summed E-state index contributed by atoms with van der Waals surface area (Å²) in [6.45, 7) is 1.44. The van der Waals surface area contributed by atoms with E-state index in [1.807, 2.05) is 29.2 Å². The van der Waals surface area contributed by atoms with E-state index in [2.05, 4.69) is 15.9 Å². The molecule has 92 valence electrons. The van der Waals surface area contributed by atoms with E-state index in [0.29, 0.717) is 12.2 Å². The summed E-state index contributed by atoms with van der Waals surface area (Å²) in [7, 11) is 0. The summed E-state index contributed by atoms with van der Waals surface area (Å²) >= 11 is 3.27. The van der Waals surface area contributed by atoms with Crippen LogP contribution in [0.25, 0.3) is 0 Å². The second-order valence-electron chi connectivity index (χ2n) is 4.48. The first-order valence-corrected chi connectivity index (χ1v) is 6.50. The topological polar surface area (TPSA) is 29.3 Å². The second kappa shape index (κ2) is 4.28. The Labute approximate surface area is 113 Å². The van der Waals surface area contributed by atoms with Gasteiger partial charge in [0.1, 0.15) is 5.82 Å². The summed E-state index contributed by atoms with van der Waals surface area (Å²) in [6, 6.07) is 11.0. The van der Waals surface area contributed by atoms with Crippen molar-refractivity contribution in [1.29, 1.82) is 0 Å². The van der Waals surface area contributed by atoms with E-state index < -0.39 is 0 Å². The molecule has 3 rings (SSSR count). The number of nitrogen functional groups attached to an aromatic ring is 1. The first kappa shape index (κ1) is 11.5. The molecule has 2 aromatic rings. The molecule has 0 spiro atoms. The zero-order valence-corrected chi connectivity index (χ0v) is 11.2. The Morgan fingerprint density at radius 3 is 2.61 bits per heavy atom. The van der Waals surface area contributed by atoms with Crippen LogP contribution in [0.2, 0.25) is 0 Å². The highest BCUT2D eigenvalue weighted by Crippen LogP contribution is 2.32. The van der Waals surface area contributed by atoms with Crippen molar-refractivity contribution < 1.29 is 4.39 Å². The molecular formula is C14H12BrFN2. The highest BCUT2D eigenvalue weighted by atomic mass is 79.9. The third kappa shape index (κ3) is 1.97. The van der Waals surface area contributed by atoms with Crippen molar-refractivity contribution in [2.24, 2.45) is 0 Å². The lowest BCUT2D eigenvalue weighted by atomic mass is 10.1. The van der Waals surface area contributed by atoms with Crippen LogP contribution in [0.3, 0.4) is 0 Å². The van der Waals surface area contributed by atoms with Crippen molar-refractivity contribution in [1.82, 2.24) is 0 Å². The summed E-state index contributed by atoms with van der Waals surface area (Å²) in [6.07, 6.45) is 0. The molecule has 1 heterocycles. The van der Waals surface area contributed by atoms with E-state index in [1.54, 1.807) is 6.07 Å². The van der Waals surface area contributed by atoms with Crippen molar-refractivity contribution in [3.8, 4) is 0 Å². The molecule has 1 aliphatic rings. The minimum atomic E-state index is -0.204. The number of anilines is 2. The van der Waals surface area contributed by atoms with Crippen molar-refractivity contribution in [2.75, 3.05) is 10.6 Å². The molecular weight excluding hydrogens is 295 g/mol. The van der Waals surface area contributed by atoms with E-state index in [1.165, 1.54) is 17.2 Å². The van der Waals surface area contributed by atoms with E-state index in [9.17, 15) is 4.39 Å². The summed E-state index contributed by atoms with van der Waals surface area (Å²) < 4.78 is 14.7. The minimum absolute atomic E-state index is 0.204. The van der Waals surface area contributed by atoms with Crippen LogP contribution >= 0.6 is 15.9 Å². The maximum Gasteiger partial charge on any atom is 0.147 e. The molecule has 0 saturated carbocycles. The largest absolute Gasteiger partial charge is 0.399 e. The number of nitrogens with zero attached hydrogens (tertiary/aromatic N) is 1. The molecule has 0 atom stereocenters. The van der Waals surface area contributed by atoms with Crippen LogP contribution in [0, 0.1) is 5.82 Å². The lowest BCUT2D eigenvalue weighted by molar-refractivity contribution is 0.618. The first-order chi connectivity index (χ1) is 8.63. The van der Waals surface area contributed by atoms with Crippen LogP contribution in [-0.2, 0) is 13.1 Å². The summed E-state index contributed by atoms with van der Waals surface area (Å²) in [5, 5.41) is 0. The molecule has 0 bridgehead atoms. The first-order valence-electron chi connectivity index (χ1n) is 5.71. The van der Waals surface area contributed by atoms with Gasteiger partial charge in [0.25, 0.3) is 0 Å². The van der Waals surface area contributed by atoms with Crippen LogP contribution in [0.1, 0.15) is 11.1 Å². The zero-order valence-electron chi connectivity index (χ0n) is 9.66. The standard InChI is InChI=1S/C14H12BrFN2/c15-11-2-4-14(13(16)6-11)18-7-9-1-3-12(17)5-10(9)8-18/h1-6H,7-8,17H2. The lowest BCUT2D eigenvalue weighted by Gasteiger charge is -2.18. The minimum Gasteiger partial charge on any atom is -0.399 e. The number of rotatable bonds is 1. The third-order valence-corrected chi connectivity index (χ3v) is 3.70. The van der Waals surface area contributed by atoms with Gasteiger partial charge in [-0.15, -0.1) is 0 Å². The van der Waals surface area contributed by atoms with Crippen molar-refractivity contribution in [3.05, 3.63) is 57.8 Å². The van der Waals surface area contributed by atoms with E-state index in [-0.39, 0.29) is 5.82 Å². The van der Waals surface area contributed by atoms with Crippen molar-refractivity contribution in [2.45, 2.75) is 13.1 Å². The van der Waals surface area contributed by atoms with Gasteiger partial charge in [-0.2, -0.15) is 0 Å². The van der Waals surface area contributed by atoms with Crippen LogP contribution in [0.4, 0.5) is 15.8 Å². The molecule has 0 radical (unpaired) electrons. The number of nitrogens with two attached hydrogens (primary N) is 1. The Morgan fingerprint density at radius 2 is 1.83 bits per heavy atom. The maximum atomic E-state index is 13.9. The average Bonchev–Trinajstić information content (AvgIpc) is 2.71. The lowest BCUT2D eigenvalue weighted by Crippen LogP contribution is -2.15. The van der Waals surface area contributed by atoms with Crippen molar-refractivity contribution in [3.63, 3.8) is 0 Å². The molecule has 18 heavy (non-hydrogen) atoms. The normalized spacial score (nSPS) is 13.8. The van der Waals surface area contributed by atoms with Gasteiger partial charge in [0, 0.05) is 23.2 Å². The predicted molar refractivity (Wildman–Crippen MR) is 74.8 cm³/mol. The molecule has 0 unspecified atom stereocenters. The number of hydrogen-bond acceptors (Lipinski definition) is 2. The molecule has 4 heteroatoms. The highest BCUT2D eigenvalue weighted by Gasteiger charge is 2.21. The van der Waals surface area contributed by atoms with Gasteiger partial charge in [-0.25, -0.2) is 4.39 Å². The maximum absolute atomic E-state index is 13.9. The Morgan fingerprint density at radius 1 is 1.06 bits per heavy atom. The van der Waals surface area contributed by atoms with Gasteiger partial charge in [0.2, 0.25) is 0 Å². The molecule has 0 aliphatic carbocycles. The average molecular weight is 307 g/mol. The SMILES string of the molecule is Nc1ccc2c(c1)CN(c1ccc(Br)cc1F)C2. The monoisotopic (exact) mass is 306 g/mol. The molecule has 2 N–H and O–H groups in total. The van der Waals surface area contributed by atoms with Crippen LogP contribution in [0.5, 0.6) is 0 Å². The quantitative estimate of drug-likeness (QED) is 0.814. The predicted octanol–water partition coefficient (Wildman–Crippen LogP) is 3.69. The van der Waals surface area contributed by atoms with Gasteiger partial charge in [-0.3, -0.25) is 0 Å². The van der Waals surface area contributed by atoms with Crippen molar-refractivity contribution >= 4 is 27.3 Å². The number of halogens is 2. The van der Waals surface area contributed by atoms with Crippen LogP contribution < -0.4 is 10.6 Å². The van der Waals surface area contributed by atoms with Crippen LogP contribution in [0.15, 0.2) is 40.9 Å². The van der Waals surface area contributed by atoms with Gasteiger partial charge < -0.3 is 10.6 Å². The van der Waals surface area contributed by atoms with Gasteiger partial charge in [0.15, 0.2) is 0 Å². The fourth-order valence-electron chi connectivity index (χ4n) is 2.32. The summed E-state index contributed by atoms with van der Waals surface area (Å²) in [5.41, 5.74) is 9.55. The van der Waals surface area contributed by atoms with Gasteiger partial charge in [0.05, 0.1) is 5.69 Å². The van der Waals surface area contributed by atoms with Gasteiger partial charge in [-0.1, -0.05) is 22.0 Å². The van der Waals surface area contributed by atoms with Gasteiger partial charge in [-0.05, 0) is 41.5 Å². The number of hydrogen-bond donors (Lipinski definition) is 1. The fourth-order valence-corrected chi connectivity index (χ4v) is 2.66. The smallest absolute Gasteiger partial charge is 0.147 e. The van der Waals surface area contributed by atoms with E-state index in [0.717, 1.165) is 16.7 Å². The molecule has 2 nitrogen and oxygen atoms in total. The Balaban J connectivity index is 1.93. The molecule has 1 aliphatic heterocycles. The van der Waals surface area contributed by atoms with Crippen LogP contribution in [-0.4, -0.2) is 0 Å². The Hall–Kier alpha value is -1.55. The third-order valence-electron chi connectivity index (χ3n) is 3.20. The molecule has 0 saturated heterocycles. The fraction of sp³-hybridized carbons (Fsp3) is 0.143. The highest BCUT2D eigenvalue weighted by molar-refractivity contribution is 9.10. The molecule has 0 aromatic heterocycles. The molecule has 0 amide bonds. The van der Waals surface area contributed by atoms with Gasteiger partial charge >= 0.3 is 0 Å². The van der Waals surface area contributed by atoms with E-state index >= 15 is 0 Å². The summed E-state index contributed by atoms with van der Waals surface area (Å²) in [5.74, 6) is -0.204. The second-order valence-corrected chi connectivity index (χ2v) is 5.40. The number of benzene rings is 2.